The molecule has 0 heterocycles. The number of ether oxygens (including phenoxy) is 1. The van der Waals surface area contributed by atoms with E-state index in [1.54, 1.807) is 0 Å². The first-order valence-electron chi connectivity index (χ1n) is 7.66. The Morgan fingerprint density at radius 2 is 1.61 bits per heavy atom. The van der Waals surface area contributed by atoms with Crippen LogP contribution in [-0.2, 0) is 29.2 Å². The summed E-state index contributed by atoms with van der Waals surface area (Å²) in [5.41, 5.74) is 0.194. The minimum absolute atomic E-state index is 0. The van der Waals surface area contributed by atoms with Gasteiger partial charge in [0, 0.05) is 30.4 Å². The number of carboxylic acid groups (broad SMARTS) is 1. The monoisotopic (exact) mass is 431 g/mol. The molecule has 1 aromatic carbocycles. The Morgan fingerprint density at radius 3 is 2.00 bits per heavy atom. The summed E-state index contributed by atoms with van der Waals surface area (Å²) in [6, 6.07) is 4.49. The Labute approximate surface area is 207 Å². The van der Waals surface area contributed by atoms with Crippen LogP contribution in [0.1, 0.15) is 27.2 Å². The Hall–Kier alpha value is -0.460. The topological polar surface area (TPSA) is 153 Å². The smallest absolute Gasteiger partial charge is 0.744 e. The van der Waals surface area contributed by atoms with Crippen LogP contribution in [0.5, 0.6) is 0 Å². The first-order valence-corrected chi connectivity index (χ1v) is 9.07. The van der Waals surface area contributed by atoms with Crippen molar-refractivity contribution in [3.63, 3.8) is 0 Å². The van der Waals surface area contributed by atoms with E-state index in [0.717, 1.165) is 12.1 Å². The van der Waals surface area contributed by atoms with Crippen LogP contribution in [0.15, 0.2) is 29.2 Å². The number of rotatable bonds is 8. The van der Waals surface area contributed by atoms with E-state index in [0.29, 0.717) is 0 Å². The first kappa shape index (κ1) is 29.7. The third kappa shape index (κ3) is 9.84. The quantitative estimate of drug-likeness (QED) is 0.242. The van der Waals surface area contributed by atoms with Gasteiger partial charge in [0.1, 0.15) is 10.1 Å². The standard InChI is InChI=1S/C16H21NO8S.2Na/c1-9(25-11(3)18)8-14(16(20)21)10(2)15(19)17-12-4-6-13(7-5-12)26(22,23)24;;/h4-7,9-10,14H,8H2,1-3H3,(H,17,19)(H,20,21)(H,22,23,24);;/q;2*+1/p-2. The van der Waals surface area contributed by atoms with E-state index in [9.17, 15) is 32.5 Å². The van der Waals surface area contributed by atoms with Crippen molar-refractivity contribution in [2.24, 2.45) is 11.8 Å². The molecule has 0 radical (unpaired) electrons. The summed E-state index contributed by atoms with van der Waals surface area (Å²) in [6.45, 7) is 4.07. The molecule has 3 unspecified atom stereocenters. The van der Waals surface area contributed by atoms with Crippen molar-refractivity contribution in [2.75, 3.05) is 5.32 Å². The van der Waals surface area contributed by atoms with Crippen LogP contribution in [0.25, 0.3) is 0 Å². The third-order valence-corrected chi connectivity index (χ3v) is 4.53. The molecule has 0 aromatic heterocycles. The molecule has 12 heteroatoms. The Balaban J connectivity index is 0. The van der Waals surface area contributed by atoms with Gasteiger partial charge in [-0.3, -0.25) is 9.59 Å². The molecule has 28 heavy (non-hydrogen) atoms. The molecule has 3 atom stereocenters. The van der Waals surface area contributed by atoms with Crippen molar-refractivity contribution in [1.29, 1.82) is 0 Å². The van der Waals surface area contributed by atoms with Crippen molar-refractivity contribution in [3.8, 4) is 0 Å². The van der Waals surface area contributed by atoms with Crippen molar-refractivity contribution in [2.45, 2.75) is 38.2 Å². The number of nitrogens with one attached hydrogen (secondary N) is 1. The summed E-state index contributed by atoms with van der Waals surface area (Å²) in [7, 11) is -4.60. The van der Waals surface area contributed by atoms with Crippen LogP contribution in [0.3, 0.4) is 0 Å². The number of hydrogen-bond acceptors (Lipinski definition) is 8. The van der Waals surface area contributed by atoms with Crippen molar-refractivity contribution in [3.05, 3.63) is 24.3 Å². The van der Waals surface area contributed by atoms with E-state index in [-0.39, 0.29) is 71.2 Å². The van der Waals surface area contributed by atoms with Gasteiger partial charge >= 0.3 is 65.1 Å². The maximum atomic E-state index is 12.3. The second-order valence-corrected chi connectivity index (χ2v) is 7.22. The van der Waals surface area contributed by atoms with Crippen LogP contribution in [0.2, 0.25) is 0 Å². The molecule has 0 bridgehead atoms. The van der Waals surface area contributed by atoms with Gasteiger partial charge in [-0.15, -0.1) is 0 Å². The summed E-state index contributed by atoms with van der Waals surface area (Å²) in [6.07, 6.45) is -0.823. The Kier molecular flexibility index (Phi) is 13.8. The normalized spacial score (nSPS) is 13.7. The van der Waals surface area contributed by atoms with Gasteiger partial charge in [-0.2, -0.15) is 0 Å². The molecule has 1 amide bonds. The average Bonchev–Trinajstić information content (AvgIpc) is 2.50. The zero-order chi connectivity index (χ0) is 20.1. The Morgan fingerprint density at radius 1 is 1.11 bits per heavy atom. The predicted octanol–water partition coefficient (Wildman–Crippen LogP) is -6.12. The van der Waals surface area contributed by atoms with Crippen LogP contribution < -0.4 is 69.5 Å². The van der Waals surface area contributed by atoms with E-state index < -0.39 is 50.8 Å². The van der Waals surface area contributed by atoms with E-state index >= 15 is 0 Å². The molecule has 0 saturated heterocycles. The van der Waals surface area contributed by atoms with E-state index in [4.69, 9.17) is 4.74 Å². The summed E-state index contributed by atoms with van der Waals surface area (Å²) < 4.78 is 37.5. The number of esters is 1. The molecular formula is C16H19NNa2O8S. The molecule has 0 aliphatic heterocycles. The van der Waals surface area contributed by atoms with Crippen molar-refractivity contribution in [1.82, 2.24) is 0 Å². The fourth-order valence-corrected chi connectivity index (χ4v) is 2.81. The van der Waals surface area contributed by atoms with Gasteiger partial charge in [-0.25, -0.2) is 8.42 Å². The van der Waals surface area contributed by atoms with Gasteiger partial charge in [0.2, 0.25) is 5.91 Å². The fraction of sp³-hybridized carbons (Fsp3) is 0.438. The molecule has 1 rings (SSSR count). The number of amides is 1. The van der Waals surface area contributed by atoms with Gasteiger partial charge in [0.05, 0.1) is 11.0 Å². The Bertz CT molecular complexity index is 782. The molecule has 0 fully saturated rings. The number of hydrogen-bond donors (Lipinski definition) is 1. The number of anilines is 1. The number of benzene rings is 1. The summed E-state index contributed by atoms with van der Waals surface area (Å²) in [5.74, 6) is -4.89. The molecule has 1 aromatic rings. The maximum absolute atomic E-state index is 12.3. The molecule has 0 aliphatic carbocycles. The minimum Gasteiger partial charge on any atom is -0.744 e. The number of carboxylic acids is 1. The number of carbonyl (C=O) groups excluding carboxylic acids is 3. The molecule has 144 valence electrons. The summed E-state index contributed by atoms with van der Waals surface area (Å²) in [5, 5.41) is 13.8. The maximum Gasteiger partial charge on any atom is 1.00 e. The van der Waals surface area contributed by atoms with E-state index in [1.165, 1.54) is 32.9 Å². The molecular weight excluding hydrogens is 412 g/mol. The molecule has 0 saturated carbocycles. The first-order chi connectivity index (χ1) is 11.9. The second kappa shape index (κ2) is 13.0. The summed E-state index contributed by atoms with van der Waals surface area (Å²) >= 11 is 0. The second-order valence-electron chi connectivity index (χ2n) is 5.84. The summed E-state index contributed by atoms with van der Waals surface area (Å²) in [4.78, 5) is 34.1. The van der Waals surface area contributed by atoms with Gasteiger partial charge < -0.3 is 24.5 Å². The van der Waals surface area contributed by atoms with Crippen molar-refractivity contribution >= 4 is 33.7 Å². The fourth-order valence-electron chi connectivity index (χ4n) is 2.34. The van der Waals surface area contributed by atoms with Gasteiger partial charge in [0.15, 0.2) is 0 Å². The van der Waals surface area contributed by atoms with Crippen LogP contribution in [0.4, 0.5) is 5.69 Å². The van der Waals surface area contributed by atoms with E-state index in [2.05, 4.69) is 5.32 Å². The zero-order valence-electron chi connectivity index (χ0n) is 16.4. The molecule has 0 spiro atoms. The zero-order valence-corrected chi connectivity index (χ0v) is 21.2. The molecule has 1 N–H and O–H groups in total. The number of carbonyl (C=O) groups is 3. The largest absolute Gasteiger partial charge is 1.00 e. The van der Waals surface area contributed by atoms with Crippen LogP contribution in [0, 0.1) is 11.8 Å². The van der Waals surface area contributed by atoms with E-state index in [1.807, 2.05) is 0 Å². The average molecular weight is 431 g/mol. The SMILES string of the molecule is CC(=O)OC(C)CC(C(=O)[O-])C(C)C(=O)Nc1ccc(S(=O)(=O)[O-])cc1.[Na+].[Na+]. The van der Waals surface area contributed by atoms with Crippen LogP contribution >= 0.6 is 0 Å². The van der Waals surface area contributed by atoms with Crippen LogP contribution in [-0.4, -0.2) is 36.9 Å². The van der Waals surface area contributed by atoms with Gasteiger partial charge in [-0.1, -0.05) is 6.92 Å². The van der Waals surface area contributed by atoms with Gasteiger partial charge in [-0.05, 0) is 37.6 Å². The molecule has 0 aliphatic rings. The molecule has 9 nitrogen and oxygen atoms in total. The minimum atomic E-state index is -4.60. The van der Waals surface area contributed by atoms with Crippen molar-refractivity contribution < 1.29 is 96.3 Å². The third-order valence-electron chi connectivity index (χ3n) is 3.68. The number of aliphatic carboxylic acids is 1. The predicted molar refractivity (Wildman–Crippen MR) is 86.5 cm³/mol. The van der Waals surface area contributed by atoms with Gasteiger partial charge in [0.25, 0.3) is 0 Å².